The highest BCUT2D eigenvalue weighted by atomic mass is 16.5. The van der Waals surface area contributed by atoms with Crippen molar-refractivity contribution in [3.8, 4) is 5.88 Å². The van der Waals surface area contributed by atoms with E-state index in [1.54, 1.807) is 7.11 Å². The van der Waals surface area contributed by atoms with Crippen LogP contribution in [-0.4, -0.2) is 63.3 Å². The molecule has 138 valence electrons. The van der Waals surface area contributed by atoms with Crippen LogP contribution >= 0.6 is 0 Å². The van der Waals surface area contributed by atoms with Crippen molar-refractivity contribution < 1.29 is 9.53 Å². The molecule has 0 radical (unpaired) electrons. The largest absolute Gasteiger partial charge is 0.481 e. The number of rotatable bonds is 3. The molecule has 1 atom stereocenters. The average Bonchev–Trinajstić information content (AvgIpc) is 3.20. The van der Waals surface area contributed by atoms with Crippen molar-refractivity contribution in [2.75, 3.05) is 32.1 Å². The Hall–Kier alpha value is -2.64. The third-order valence-corrected chi connectivity index (χ3v) is 5.99. The second kappa shape index (κ2) is 6.26. The number of aryl methyl sites for hydroxylation is 1. The number of amides is 1. The fraction of sp³-hybridized carbons (Fsp3) is 0.556. The lowest BCUT2D eigenvalue weighted by atomic mass is 9.74. The van der Waals surface area contributed by atoms with Gasteiger partial charge in [-0.25, -0.2) is 9.97 Å². The predicted octanol–water partition coefficient (Wildman–Crippen LogP) is 1.20. The Morgan fingerprint density at radius 1 is 1.23 bits per heavy atom. The molecule has 2 aromatic rings. The van der Waals surface area contributed by atoms with Gasteiger partial charge in [-0.3, -0.25) is 9.48 Å². The van der Waals surface area contributed by atoms with E-state index in [1.165, 1.54) is 6.33 Å². The molecule has 0 aliphatic carbocycles. The summed E-state index contributed by atoms with van der Waals surface area (Å²) in [5.41, 5.74) is 1.01. The predicted molar refractivity (Wildman–Crippen MR) is 96.1 cm³/mol. The van der Waals surface area contributed by atoms with Gasteiger partial charge in [0.2, 0.25) is 11.8 Å². The van der Waals surface area contributed by atoms with Gasteiger partial charge in [0, 0.05) is 51.8 Å². The number of likely N-dealkylation sites (tertiary alicyclic amines) is 1. The summed E-state index contributed by atoms with van der Waals surface area (Å²) in [6.07, 6.45) is 7.84. The van der Waals surface area contributed by atoms with Gasteiger partial charge in [-0.15, -0.1) is 0 Å². The van der Waals surface area contributed by atoms with Gasteiger partial charge in [-0.05, 0) is 18.4 Å². The number of anilines is 1. The molecule has 2 aliphatic rings. The van der Waals surface area contributed by atoms with Crippen molar-refractivity contribution in [1.82, 2.24) is 24.6 Å². The molecule has 2 fully saturated rings. The number of hydrogen-bond acceptors (Lipinski definition) is 6. The summed E-state index contributed by atoms with van der Waals surface area (Å²) in [4.78, 5) is 25.2. The minimum Gasteiger partial charge on any atom is -0.481 e. The van der Waals surface area contributed by atoms with Crippen molar-refractivity contribution in [3.05, 3.63) is 30.4 Å². The summed E-state index contributed by atoms with van der Waals surface area (Å²) >= 11 is 0. The molecule has 4 heterocycles. The lowest BCUT2D eigenvalue weighted by Crippen LogP contribution is -2.54. The first-order valence-corrected chi connectivity index (χ1v) is 8.90. The van der Waals surface area contributed by atoms with E-state index in [2.05, 4.69) is 20.0 Å². The number of hydrogen-bond donors (Lipinski definition) is 0. The highest BCUT2D eigenvalue weighted by Gasteiger charge is 2.53. The van der Waals surface area contributed by atoms with Crippen molar-refractivity contribution in [2.45, 2.75) is 30.7 Å². The van der Waals surface area contributed by atoms with Gasteiger partial charge < -0.3 is 14.5 Å². The monoisotopic (exact) mass is 356 g/mol. The van der Waals surface area contributed by atoms with E-state index in [0.717, 1.165) is 37.3 Å². The molecule has 1 unspecified atom stereocenters. The molecule has 8 heteroatoms. The minimum absolute atomic E-state index is 0.145. The number of piperidine rings is 1. The number of nitrogens with zero attached hydrogens (tertiary/aromatic N) is 6. The van der Waals surface area contributed by atoms with Crippen LogP contribution in [0.1, 0.15) is 30.7 Å². The van der Waals surface area contributed by atoms with Gasteiger partial charge in [-0.1, -0.05) is 0 Å². The summed E-state index contributed by atoms with van der Waals surface area (Å²) in [7, 11) is 5.47. The van der Waals surface area contributed by atoms with Crippen LogP contribution in [0.2, 0.25) is 0 Å². The van der Waals surface area contributed by atoms with Crippen LogP contribution in [0.25, 0.3) is 0 Å². The van der Waals surface area contributed by atoms with E-state index in [9.17, 15) is 4.79 Å². The molecule has 0 saturated carbocycles. The first kappa shape index (κ1) is 16.8. The molecule has 0 aromatic carbocycles. The molecule has 8 nitrogen and oxygen atoms in total. The van der Waals surface area contributed by atoms with Crippen LogP contribution in [0.15, 0.2) is 24.8 Å². The van der Waals surface area contributed by atoms with Gasteiger partial charge in [0.25, 0.3) is 0 Å². The first-order valence-electron chi connectivity index (χ1n) is 8.90. The maximum atomic E-state index is 12.5. The number of methoxy groups -OCH3 is 1. The van der Waals surface area contributed by atoms with Crippen LogP contribution < -0.4 is 9.64 Å². The summed E-state index contributed by atoms with van der Waals surface area (Å²) in [5.74, 6) is 1.85. The Balaban J connectivity index is 1.58. The van der Waals surface area contributed by atoms with Crippen LogP contribution in [0, 0.1) is 0 Å². The molecular formula is C18H24N6O2. The van der Waals surface area contributed by atoms with Gasteiger partial charge >= 0.3 is 0 Å². The normalized spacial score (nSPS) is 22.3. The molecular weight excluding hydrogens is 332 g/mol. The highest BCUT2D eigenvalue weighted by Crippen LogP contribution is 2.48. The summed E-state index contributed by atoms with van der Waals surface area (Å²) in [6, 6.07) is 1.86. The van der Waals surface area contributed by atoms with Crippen LogP contribution in [0.3, 0.4) is 0 Å². The van der Waals surface area contributed by atoms with Crippen LogP contribution in [-0.2, 0) is 11.8 Å². The fourth-order valence-corrected chi connectivity index (χ4v) is 4.45. The molecule has 0 N–H and O–H groups in total. The van der Waals surface area contributed by atoms with E-state index in [4.69, 9.17) is 4.74 Å². The molecule has 0 bridgehead atoms. The molecule has 4 rings (SSSR count). The Kier molecular flexibility index (Phi) is 4.05. The number of likely N-dealkylation sites (N-methyl/N-ethyl adjacent to an activating group) is 1. The van der Waals surface area contributed by atoms with E-state index in [1.807, 2.05) is 42.1 Å². The third kappa shape index (κ3) is 2.60. The van der Waals surface area contributed by atoms with Crippen molar-refractivity contribution in [2.24, 2.45) is 7.05 Å². The van der Waals surface area contributed by atoms with Crippen molar-refractivity contribution in [3.63, 3.8) is 0 Å². The zero-order valence-electron chi connectivity index (χ0n) is 15.4. The quantitative estimate of drug-likeness (QED) is 0.823. The van der Waals surface area contributed by atoms with E-state index < -0.39 is 0 Å². The maximum Gasteiger partial charge on any atom is 0.223 e. The number of carbonyl (C=O) groups excluding carboxylic acids is 1. The van der Waals surface area contributed by atoms with Gasteiger partial charge in [0.1, 0.15) is 12.1 Å². The van der Waals surface area contributed by atoms with Crippen LogP contribution in [0.4, 0.5) is 5.82 Å². The Morgan fingerprint density at radius 2 is 2.00 bits per heavy atom. The molecule has 1 spiro atoms. The zero-order chi connectivity index (χ0) is 18.3. The van der Waals surface area contributed by atoms with Gasteiger partial charge in [-0.2, -0.15) is 5.10 Å². The summed E-state index contributed by atoms with van der Waals surface area (Å²) in [5, 5.41) is 4.32. The smallest absolute Gasteiger partial charge is 0.223 e. The summed E-state index contributed by atoms with van der Waals surface area (Å²) < 4.78 is 7.02. The second-order valence-electron chi connectivity index (χ2n) is 7.17. The average molecular weight is 356 g/mol. The lowest BCUT2D eigenvalue weighted by molar-refractivity contribution is -0.130. The minimum atomic E-state index is -0.145. The summed E-state index contributed by atoms with van der Waals surface area (Å²) in [6.45, 7) is 1.68. The lowest BCUT2D eigenvalue weighted by Gasteiger charge is -2.46. The topological polar surface area (TPSA) is 76.4 Å². The van der Waals surface area contributed by atoms with Gasteiger partial charge in [0.15, 0.2) is 0 Å². The Labute approximate surface area is 152 Å². The second-order valence-corrected chi connectivity index (χ2v) is 7.17. The van der Waals surface area contributed by atoms with E-state index >= 15 is 0 Å². The molecule has 2 aliphatic heterocycles. The molecule has 2 saturated heterocycles. The Bertz CT molecular complexity index is 812. The molecule has 2 aromatic heterocycles. The SMILES string of the molecule is COc1cc(N2CCC3(CC2)C(c2cnn(C)c2)CC(=O)N3C)ncn1. The zero-order valence-corrected chi connectivity index (χ0v) is 15.4. The van der Waals surface area contributed by atoms with E-state index in [-0.39, 0.29) is 17.4 Å². The Morgan fingerprint density at radius 3 is 2.65 bits per heavy atom. The van der Waals surface area contributed by atoms with Crippen molar-refractivity contribution >= 4 is 11.7 Å². The first-order chi connectivity index (χ1) is 12.5. The number of aromatic nitrogens is 4. The maximum absolute atomic E-state index is 12.5. The molecule has 26 heavy (non-hydrogen) atoms. The van der Waals surface area contributed by atoms with Crippen molar-refractivity contribution in [1.29, 1.82) is 0 Å². The number of carbonyl (C=O) groups is 1. The fourth-order valence-electron chi connectivity index (χ4n) is 4.45. The van der Waals surface area contributed by atoms with Gasteiger partial charge in [0.05, 0.1) is 18.8 Å². The standard InChI is InChI=1S/C18H24N6O2/c1-22-11-13(10-21-22)14-8-17(25)23(2)18(14)4-6-24(7-5-18)15-9-16(26-3)20-12-19-15/h9-12,14H,4-8H2,1-3H3. The van der Waals surface area contributed by atoms with E-state index in [0.29, 0.717) is 12.3 Å². The highest BCUT2D eigenvalue weighted by molar-refractivity contribution is 5.81. The molecule has 1 amide bonds. The number of ether oxygens (including phenoxy) is 1. The third-order valence-electron chi connectivity index (χ3n) is 5.99. The van der Waals surface area contributed by atoms with Crippen LogP contribution in [0.5, 0.6) is 5.88 Å².